The summed E-state index contributed by atoms with van der Waals surface area (Å²) in [4.78, 5) is 24.2. The molecule has 1 saturated heterocycles. The summed E-state index contributed by atoms with van der Waals surface area (Å²) in [6.45, 7) is 2.59. The SMILES string of the molecule is CC(=O)c1c(C)c(O)c2cc(C(=O)O)cc(OC3OC(C4(O)CCCC5(CCCC5)C4)C(O)C(O)C3O)c2c1O. The zero-order chi connectivity index (χ0) is 29.1. The first-order valence-electron chi connectivity index (χ1n) is 13.6. The molecule has 0 amide bonds. The van der Waals surface area contributed by atoms with Crippen LogP contribution in [0.1, 0.15) is 84.6 Å². The van der Waals surface area contributed by atoms with Gasteiger partial charge < -0.3 is 45.2 Å². The number of hydrogen-bond acceptors (Lipinski definition) is 10. The van der Waals surface area contributed by atoms with E-state index in [4.69, 9.17) is 9.47 Å². The van der Waals surface area contributed by atoms with Gasteiger partial charge in [-0.25, -0.2) is 4.79 Å². The van der Waals surface area contributed by atoms with Crippen LogP contribution in [0.15, 0.2) is 12.1 Å². The van der Waals surface area contributed by atoms with Crippen molar-refractivity contribution in [1.82, 2.24) is 0 Å². The highest BCUT2D eigenvalue weighted by molar-refractivity contribution is 6.11. The first kappa shape index (κ1) is 28.6. The highest BCUT2D eigenvalue weighted by Crippen LogP contribution is 2.54. The minimum Gasteiger partial charge on any atom is -0.507 e. The first-order chi connectivity index (χ1) is 18.8. The molecule has 6 atom stereocenters. The quantitative estimate of drug-likeness (QED) is 0.210. The van der Waals surface area contributed by atoms with Gasteiger partial charge in [0.15, 0.2) is 5.78 Å². The van der Waals surface area contributed by atoms with Crippen LogP contribution in [0.2, 0.25) is 0 Å². The largest absolute Gasteiger partial charge is 0.507 e. The molecule has 1 spiro atoms. The second-order valence-corrected chi connectivity index (χ2v) is 11.8. The number of aliphatic hydroxyl groups is 4. The molecule has 6 unspecified atom stereocenters. The van der Waals surface area contributed by atoms with Crippen LogP contribution in [-0.4, -0.2) is 83.8 Å². The third kappa shape index (κ3) is 4.59. The predicted octanol–water partition coefficient (Wildman–Crippen LogP) is 2.51. The lowest BCUT2D eigenvalue weighted by Crippen LogP contribution is -2.66. The molecule has 0 aromatic heterocycles. The Balaban J connectivity index is 1.57. The Bertz CT molecular complexity index is 1350. The highest BCUT2D eigenvalue weighted by Gasteiger charge is 2.57. The minimum absolute atomic E-state index is 0.0407. The van der Waals surface area contributed by atoms with Gasteiger partial charge in [-0.2, -0.15) is 0 Å². The number of aromatic carboxylic acids is 1. The second kappa shape index (κ2) is 10.1. The monoisotopic (exact) mass is 560 g/mol. The van der Waals surface area contributed by atoms with E-state index in [0.717, 1.165) is 44.2 Å². The molecule has 2 saturated carbocycles. The van der Waals surface area contributed by atoms with Crippen LogP contribution < -0.4 is 4.74 Å². The fourth-order valence-electron chi connectivity index (χ4n) is 7.22. The van der Waals surface area contributed by atoms with Gasteiger partial charge >= 0.3 is 5.97 Å². The number of carbonyl (C=O) groups excluding carboxylic acids is 1. The number of aliphatic hydroxyl groups excluding tert-OH is 3. The summed E-state index contributed by atoms with van der Waals surface area (Å²) in [5, 5.41) is 75.5. The van der Waals surface area contributed by atoms with E-state index in [1.54, 1.807) is 0 Å². The Labute approximate surface area is 230 Å². The van der Waals surface area contributed by atoms with E-state index in [1.807, 2.05) is 0 Å². The van der Waals surface area contributed by atoms with Crippen LogP contribution in [0.4, 0.5) is 0 Å². The Morgan fingerprint density at radius 1 is 0.950 bits per heavy atom. The van der Waals surface area contributed by atoms with Crippen LogP contribution >= 0.6 is 0 Å². The van der Waals surface area contributed by atoms with Gasteiger partial charge in [-0.15, -0.1) is 0 Å². The van der Waals surface area contributed by atoms with E-state index >= 15 is 0 Å². The molecule has 7 N–H and O–H groups in total. The molecule has 40 heavy (non-hydrogen) atoms. The number of ketones is 1. The summed E-state index contributed by atoms with van der Waals surface area (Å²) >= 11 is 0. The molecule has 5 rings (SSSR count). The number of rotatable bonds is 5. The average molecular weight is 561 g/mol. The van der Waals surface area contributed by atoms with Gasteiger partial charge in [-0.3, -0.25) is 4.79 Å². The van der Waals surface area contributed by atoms with Crippen LogP contribution in [-0.2, 0) is 4.74 Å². The zero-order valence-electron chi connectivity index (χ0n) is 22.5. The van der Waals surface area contributed by atoms with E-state index in [0.29, 0.717) is 19.3 Å². The average Bonchev–Trinajstić information content (AvgIpc) is 3.33. The number of aromatic hydroxyl groups is 2. The molecule has 218 valence electrons. The van der Waals surface area contributed by atoms with E-state index in [9.17, 15) is 45.3 Å². The van der Waals surface area contributed by atoms with Crippen LogP contribution in [0.25, 0.3) is 10.8 Å². The fourth-order valence-corrected chi connectivity index (χ4v) is 7.22. The number of Topliss-reactive ketones (excluding diaryl/α,β-unsaturated/α-hetero) is 1. The second-order valence-electron chi connectivity index (χ2n) is 11.8. The predicted molar refractivity (Wildman–Crippen MR) is 141 cm³/mol. The molecule has 3 aliphatic rings. The molecule has 11 nitrogen and oxygen atoms in total. The van der Waals surface area contributed by atoms with Gasteiger partial charge in [0.25, 0.3) is 0 Å². The molecule has 2 aromatic rings. The number of ether oxygens (including phenoxy) is 2. The van der Waals surface area contributed by atoms with E-state index in [-0.39, 0.29) is 38.6 Å². The number of phenolic OH excluding ortho intramolecular Hbond substituents is 2. The molecule has 2 aliphatic carbocycles. The van der Waals surface area contributed by atoms with Gasteiger partial charge in [-0.1, -0.05) is 12.8 Å². The zero-order valence-corrected chi connectivity index (χ0v) is 22.5. The third-order valence-electron chi connectivity index (χ3n) is 9.16. The number of carboxylic acids is 1. The van der Waals surface area contributed by atoms with E-state index in [1.165, 1.54) is 13.8 Å². The Morgan fingerprint density at radius 2 is 1.60 bits per heavy atom. The van der Waals surface area contributed by atoms with Crippen molar-refractivity contribution in [3.63, 3.8) is 0 Å². The lowest BCUT2D eigenvalue weighted by Gasteiger charge is -2.51. The molecular weight excluding hydrogens is 524 g/mol. The van der Waals surface area contributed by atoms with E-state index in [2.05, 4.69) is 0 Å². The minimum atomic E-state index is -1.82. The van der Waals surface area contributed by atoms with E-state index < -0.39 is 59.6 Å². The van der Waals surface area contributed by atoms with Crippen molar-refractivity contribution >= 4 is 22.5 Å². The standard InChI is InChI=1S/C29H36O11/c1-13-18(14(2)30)21(32)19-16(20(13)31)10-15(26(36)37)11-17(19)39-27-24(35)22(33)23(34)25(40-27)29(38)9-5-8-28(12-29)6-3-4-7-28/h10-11,22-25,27,31-35,38H,3-9,12H2,1-2H3,(H,36,37). The lowest BCUT2D eigenvalue weighted by molar-refractivity contribution is -0.311. The number of hydrogen-bond donors (Lipinski definition) is 7. The van der Waals surface area contributed by atoms with Crippen molar-refractivity contribution in [1.29, 1.82) is 0 Å². The Hall–Kier alpha value is -2.96. The van der Waals surface area contributed by atoms with Crippen molar-refractivity contribution in [3.05, 3.63) is 28.8 Å². The van der Waals surface area contributed by atoms with Gasteiger partial charge in [0, 0.05) is 10.9 Å². The Kier molecular flexibility index (Phi) is 7.25. The normalized spacial score (nSPS) is 31.9. The summed E-state index contributed by atoms with van der Waals surface area (Å²) in [7, 11) is 0. The molecule has 0 bridgehead atoms. The van der Waals surface area contributed by atoms with Gasteiger partial charge in [-0.05, 0) is 69.9 Å². The Morgan fingerprint density at radius 3 is 2.23 bits per heavy atom. The van der Waals surface area contributed by atoms with Crippen molar-refractivity contribution in [2.24, 2.45) is 5.41 Å². The summed E-state index contributed by atoms with van der Waals surface area (Å²) in [5.41, 5.74) is -2.10. The van der Waals surface area contributed by atoms with Gasteiger partial charge in [0.05, 0.1) is 22.1 Å². The first-order valence-corrected chi connectivity index (χ1v) is 13.6. The maximum absolute atomic E-state index is 12.3. The summed E-state index contributed by atoms with van der Waals surface area (Å²) in [6, 6.07) is 2.15. The van der Waals surface area contributed by atoms with Crippen LogP contribution in [0.3, 0.4) is 0 Å². The molecule has 0 radical (unpaired) electrons. The van der Waals surface area contributed by atoms with Crippen LogP contribution in [0, 0.1) is 12.3 Å². The molecule has 1 aliphatic heterocycles. The van der Waals surface area contributed by atoms with Crippen LogP contribution in [0.5, 0.6) is 17.2 Å². The summed E-state index contributed by atoms with van der Waals surface area (Å²) in [5.74, 6) is -3.30. The maximum Gasteiger partial charge on any atom is 0.335 e. The molecule has 11 heteroatoms. The summed E-state index contributed by atoms with van der Waals surface area (Å²) in [6.07, 6.45) is -2.01. The van der Waals surface area contributed by atoms with Crippen molar-refractivity contribution in [3.8, 4) is 17.2 Å². The number of benzene rings is 2. The smallest absolute Gasteiger partial charge is 0.335 e. The molecule has 3 fully saturated rings. The van der Waals surface area contributed by atoms with Gasteiger partial charge in [0.2, 0.25) is 6.29 Å². The number of phenols is 2. The molecule has 1 heterocycles. The number of fused-ring (bicyclic) bond motifs is 1. The fraction of sp³-hybridized carbons (Fsp3) is 0.586. The highest BCUT2D eigenvalue weighted by atomic mass is 16.7. The number of carboxylic acid groups (broad SMARTS) is 1. The van der Waals surface area contributed by atoms with Gasteiger partial charge in [0.1, 0.15) is 41.7 Å². The van der Waals surface area contributed by atoms with Crippen molar-refractivity contribution < 1.29 is 54.8 Å². The van der Waals surface area contributed by atoms with Crippen molar-refractivity contribution in [2.45, 2.75) is 102 Å². The summed E-state index contributed by atoms with van der Waals surface area (Å²) < 4.78 is 11.8. The maximum atomic E-state index is 12.3. The lowest BCUT2D eigenvalue weighted by atomic mass is 9.63. The third-order valence-corrected chi connectivity index (χ3v) is 9.16. The molecular formula is C29H36O11. The topological polar surface area (TPSA) is 194 Å². The van der Waals surface area contributed by atoms with Crippen molar-refractivity contribution in [2.75, 3.05) is 0 Å². The number of carbonyl (C=O) groups is 2. The molecule has 2 aromatic carbocycles.